The Morgan fingerprint density at radius 3 is 3.00 bits per heavy atom. The second-order valence-electron chi connectivity index (χ2n) is 3.92. The number of aryl methyl sites for hydroxylation is 1. The molecule has 2 aromatic rings. The van der Waals surface area contributed by atoms with Crippen molar-refractivity contribution in [1.29, 1.82) is 0 Å². The van der Waals surface area contributed by atoms with E-state index in [-0.39, 0.29) is 0 Å². The number of aliphatic hydroxyl groups excluding tert-OH is 1. The molecule has 2 rings (SSSR count). The molecule has 4 N–H and O–H groups in total. The van der Waals surface area contributed by atoms with E-state index in [0.29, 0.717) is 18.8 Å². The molecule has 1 atom stereocenters. The summed E-state index contributed by atoms with van der Waals surface area (Å²) in [5.41, 5.74) is 8.53. The summed E-state index contributed by atoms with van der Waals surface area (Å²) in [5.74, 6) is 0.605. The zero-order valence-electron chi connectivity index (χ0n) is 9.40. The maximum atomic E-state index is 9.77. The van der Waals surface area contributed by atoms with Crippen LogP contribution >= 0.6 is 0 Å². The number of hydrogen-bond acceptors (Lipinski definition) is 3. The number of nitrogens with one attached hydrogen (secondary N) is 1. The third-order valence-electron chi connectivity index (χ3n) is 2.73. The van der Waals surface area contributed by atoms with Gasteiger partial charge in [-0.15, -0.1) is 0 Å². The molecule has 0 fully saturated rings. The Balaban J connectivity index is 2.35. The quantitative estimate of drug-likeness (QED) is 0.729. The maximum absolute atomic E-state index is 9.77. The summed E-state index contributed by atoms with van der Waals surface area (Å²) < 4.78 is 0. The number of aromatic amines is 1. The largest absolute Gasteiger partial charge is 0.385 e. The van der Waals surface area contributed by atoms with Crippen LogP contribution in [-0.4, -0.2) is 21.6 Å². The van der Waals surface area contributed by atoms with Crippen LogP contribution < -0.4 is 5.73 Å². The van der Waals surface area contributed by atoms with Gasteiger partial charge in [-0.05, 0) is 37.1 Å². The Bertz CT molecular complexity index is 478. The minimum atomic E-state index is -0.595. The second kappa shape index (κ2) is 4.63. The number of benzene rings is 1. The van der Waals surface area contributed by atoms with Crippen LogP contribution in [0.5, 0.6) is 0 Å². The fourth-order valence-electron chi connectivity index (χ4n) is 1.75. The molecule has 0 saturated heterocycles. The summed E-state index contributed by atoms with van der Waals surface area (Å²) in [5, 5.41) is 9.77. The van der Waals surface area contributed by atoms with Gasteiger partial charge in [-0.1, -0.05) is 13.0 Å². The van der Waals surface area contributed by atoms with Gasteiger partial charge in [0.25, 0.3) is 0 Å². The molecule has 1 aromatic carbocycles. The van der Waals surface area contributed by atoms with Crippen molar-refractivity contribution in [3.63, 3.8) is 0 Å². The van der Waals surface area contributed by atoms with Gasteiger partial charge in [-0.3, -0.25) is 0 Å². The molecule has 86 valence electrons. The molecule has 0 aliphatic heterocycles. The van der Waals surface area contributed by atoms with E-state index in [4.69, 9.17) is 5.73 Å². The molecule has 0 aliphatic carbocycles. The average molecular weight is 219 g/mol. The lowest BCUT2D eigenvalue weighted by atomic mass is 10.1. The van der Waals surface area contributed by atoms with Crippen LogP contribution in [0.25, 0.3) is 11.0 Å². The molecule has 0 saturated carbocycles. The summed E-state index contributed by atoms with van der Waals surface area (Å²) in [6.07, 6.45) is 0.929. The van der Waals surface area contributed by atoms with Crippen molar-refractivity contribution in [3.8, 4) is 0 Å². The minimum absolute atomic E-state index is 0.457. The zero-order chi connectivity index (χ0) is 11.5. The highest BCUT2D eigenvalue weighted by molar-refractivity contribution is 5.75. The Labute approximate surface area is 94.5 Å². The van der Waals surface area contributed by atoms with Crippen molar-refractivity contribution in [2.24, 2.45) is 5.73 Å². The van der Waals surface area contributed by atoms with Gasteiger partial charge in [0.1, 0.15) is 11.9 Å². The van der Waals surface area contributed by atoms with Crippen LogP contribution in [0.1, 0.15) is 30.8 Å². The Hall–Kier alpha value is -1.39. The summed E-state index contributed by atoms with van der Waals surface area (Å²) >= 11 is 0. The predicted molar refractivity (Wildman–Crippen MR) is 64.1 cm³/mol. The van der Waals surface area contributed by atoms with Crippen LogP contribution in [0.2, 0.25) is 0 Å². The molecule has 0 amide bonds. The van der Waals surface area contributed by atoms with Crippen LogP contribution in [0.4, 0.5) is 0 Å². The third kappa shape index (κ3) is 2.08. The van der Waals surface area contributed by atoms with Crippen molar-refractivity contribution in [3.05, 3.63) is 29.6 Å². The van der Waals surface area contributed by atoms with E-state index >= 15 is 0 Å². The van der Waals surface area contributed by atoms with Crippen molar-refractivity contribution in [2.75, 3.05) is 6.54 Å². The molecule has 0 radical (unpaired) electrons. The molecule has 0 spiro atoms. The molecule has 1 heterocycles. The first kappa shape index (κ1) is 11.1. The highest BCUT2D eigenvalue weighted by Crippen LogP contribution is 2.19. The van der Waals surface area contributed by atoms with Gasteiger partial charge in [0.2, 0.25) is 0 Å². The Morgan fingerprint density at radius 2 is 2.31 bits per heavy atom. The summed E-state index contributed by atoms with van der Waals surface area (Å²) in [6.45, 7) is 2.57. The topological polar surface area (TPSA) is 74.9 Å². The standard InChI is InChI=1S/C12H17N3O/c1-2-8-3-4-9-10(7-8)15-12(14-9)11(16)5-6-13/h3-4,7,11,16H,2,5-6,13H2,1H3,(H,14,15). The van der Waals surface area contributed by atoms with E-state index in [1.807, 2.05) is 6.07 Å². The predicted octanol–water partition coefficient (Wildman–Crippen LogP) is 1.51. The van der Waals surface area contributed by atoms with E-state index in [0.717, 1.165) is 17.5 Å². The van der Waals surface area contributed by atoms with Gasteiger partial charge in [-0.25, -0.2) is 4.98 Å². The van der Waals surface area contributed by atoms with Crippen LogP contribution in [-0.2, 0) is 6.42 Å². The molecular formula is C12H17N3O. The first-order valence-corrected chi connectivity index (χ1v) is 5.61. The molecule has 4 nitrogen and oxygen atoms in total. The summed E-state index contributed by atoms with van der Waals surface area (Å²) in [6, 6.07) is 6.10. The van der Waals surface area contributed by atoms with Crippen molar-refractivity contribution in [1.82, 2.24) is 9.97 Å². The Morgan fingerprint density at radius 1 is 1.50 bits per heavy atom. The smallest absolute Gasteiger partial charge is 0.136 e. The van der Waals surface area contributed by atoms with E-state index < -0.39 is 6.10 Å². The van der Waals surface area contributed by atoms with Crippen LogP contribution in [0, 0.1) is 0 Å². The van der Waals surface area contributed by atoms with Gasteiger partial charge < -0.3 is 15.8 Å². The number of rotatable bonds is 4. The minimum Gasteiger partial charge on any atom is -0.385 e. The first-order valence-electron chi connectivity index (χ1n) is 5.61. The molecule has 0 bridgehead atoms. The molecule has 1 unspecified atom stereocenters. The first-order chi connectivity index (χ1) is 7.74. The third-order valence-corrected chi connectivity index (χ3v) is 2.73. The number of hydrogen-bond donors (Lipinski definition) is 3. The van der Waals surface area contributed by atoms with Crippen LogP contribution in [0.15, 0.2) is 18.2 Å². The highest BCUT2D eigenvalue weighted by atomic mass is 16.3. The lowest BCUT2D eigenvalue weighted by molar-refractivity contribution is 0.162. The van der Waals surface area contributed by atoms with Gasteiger partial charge in [-0.2, -0.15) is 0 Å². The van der Waals surface area contributed by atoms with Crippen molar-refractivity contribution in [2.45, 2.75) is 25.9 Å². The van der Waals surface area contributed by atoms with Gasteiger partial charge in [0.15, 0.2) is 0 Å². The van der Waals surface area contributed by atoms with Crippen LogP contribution in [0.3, 0.4) is 0 Å². The van der Waals surface area contributed by atoms with Crippen molar-refractivity contribution >= 4 is 11.0 Å². The summed E-state index contributed by atoms with van der Waals surface area (Å²) in [7, 11) is 0. The monoisotopic (exact) mass is 219 g/mol. The normalized spacial score (nSPS) is 13.2. The number of fused-ring (bicyclic) bond motifs is 1. The fraction of sp³-hybridized carbons (Fsp3) is 0.417. The molecule has 1 aromatic heterocycles. The number of nitrogens with zero attached hydrogens (tertiary/aromatic N) is 1. The fourth-order valence-corrected chi connectivity index (χ4v) is 1.75. The number of aliphatic hydroxyl groups is 1. The molecule has 0 aliphatic rings. The lowest BCUT2D eigenvalue weighted by Gasteiger charge is -2.03. The molecule has 16 heavy (non-hydrogen) atoms. The number of H-pyrrole nitrogens is 1. The second-order valence-corrected chi connectivity index (χ2v) is 3.92. The average Bonchev–Trinajstić information content (AvgIpc) is 2.71. The Kier molecular flexibility index (Phi) is 3.22. The number of nitrogens with two attached hydrogens (primary N) is 1. The van der Waals surface area contributed by atoms with Gasteiger partial charge in [0, 0.05) is 0 Å². The van der Waals surface area contributed by atoms with E-state index in [9.17, 15) is 5.11 Å². The molecular weight excluding hydrogens is 202 g/mol. The molecule has 4 heteroatoms. The summed E-state index contributed by atoms with van der Waals surface area (Å²) in [4.78, 5) is 7.48. The van der Waals surface area contributed by atoms with E-state index in [1.54, 1.807) is 0 Å². The van der Waals surface area contributed by atoms with Gasteiger partial charge in [0.05, 0.1) is 11.0 Å². The van der Waals surface area contributed by atoms with Gasteiger partial charge >= 0.3 is 0 Å². The maximum Gasteiger partial charge on any atom is 0.136 e. The van der Waals surface area contributed by atoms with E-state index in [2.05, 4.69) is 29.0 Å². The van der Waals surface area contributed by atoms with Crippen molar-refractivity contribution < 1.29 is 5.11 Å². The zero-order valence-corrected chi connectivity index (χ0v) is 9.40. The van der Waals surface area contributed by atoms with E-state index in [1.165, 1.54) is 5.56 Å². The highest BCUT2D eigenvalue weighted by Gasteiger charge is 2.11. The number of aromatic nitrogens is 2. The SMILES string of the molecule is CCc1ccc2nc(C(O)CCN)[nH]c2c1. The lowest BCUT2D eigenvalue weighted by Crippen LogP contribution is -2.07. The number of imidazole rings is 1.